The summed E-state index contributed by atoms with van der Waals surface area (Å²) in [4.78, 5) is 11.2. The minimum atomic E-state index is -1.01. The molecule has 0 radical (unpaired) electrons. The molecule has 1 aromatic heterocycles. The topological polar surface area (TPSA) is 72.3 Å². The van der Waals surface area contributed by atoms with E-state index in [1.165, 1.54) is 23.3 Å². The van der Waals surface area contributed by atoms with Crippen molar-refractivity contribution in [1.29, 1.82) is 0 Å². The van der Waals surface area contributed by atoms with Gasteiger partial charge >= 0.3 is 5.97 Å². The van der Waals surface area contributed by atoms with Crippen molar-refractivity contribution < 1.29 is 14.6 Å². The lowest BCUT2D eigenvalue weighted by Crippen LogP contribution is -1.98. The SMILES string of the molecule is Cc1ccc(-c2nnc(Oc3cccc(C(=O)O)c3)c3ccccc23)cc1C. The Hall–Kier alpha value is -3.73. The van der Waals surface area contributed by atoms with Crippen LogP contribution in [0.5, 0.6) is 11.6 Å². The summed E-state index contributed by atoms with van der Waals surface area (Å²) in [6.07, 6.45) is 0. The Balaban J connectivity index is 1.81. The van der Waals surface area contributed by atoms with Crippen molar-refractivity contribution in [3.63, 3.8) is 0 Å². The number of hydrogen-bond donors (Lipinski definition) is 1. The summed E-state index contributed by atoms with van der Waals surface area (Å²) in [6, 6.07) is 20.3. The maximum atomic E-state index is 11.2. The highest BCUT2D eigenvalue weighted by Crippen LogP contribution is 2.33. The number of carboxylic acid groups (broad SMARTS) is 1. The van der Waals surface area contributed by atoms with Gasteiger partial charge in [0.15, 0.2) is 0 Å². The number of hydrogen-bond acceptors (Lipinski definition) is 4. The fraction of sp³-hybridized carbons (Fsp3) is 0.0870. The molecule has 0 unspecified atom stereocenters. The summed E-state index contributed by atoms with van der Waals surface area (Å²) < 4.78 is 5.88. The average molecular weight is 370 g/mol. The van der Waals surface area contributed by atoms with Crippen molar-refractivity contribution in [3.8, 4) is 22.9 Å². The molecule has 0 aliphatic carbocycles. The van der Waals surface area contributed by atoms with Gasteiger partial charge in [-0.1, -0.05) is 36.4 Å². The molecule has 0 spiro atoms. The molecule has 0 aliphatic heterocycles. The molecule has 0 bridgehead atoms. The molecule has 0 saturated carbocycles. The van der Waals surface area contributed by atoms with Crippen LogP contribution >= 0.6 is 0 Å². The highest BCUT2D eigenvalue weighted by Gasteiger charge is 2.13. The molecule has 4 aromatic rings. The minimum Gasteiger partial charge on any atom is -0.478 e. The molecule has 5 heteroatoms. The molecule has 1 N–H and O–H groups in total. The van der Waals surface area contributed by atoms with Crippen LogP contribution in [-0.4, -0.2) is 21.3 Å². The van der Waals surface area contributed by atoms with Crippen molar-refractivity contribution in [1.82, 2.24) is 10.2 Å². The summed E-state index contributed by atoms with van der Waals surface area (Å²) in [5.41, 5.74) is 4.34. The number of carboxylic acids is 1. The molecule has 0 fully saturated rings. The molecule has 0 amide bonds. The minimum absolute atomic E-state index is 0.154. The number of aromatic carboxylic acids is 1. The van der Waals surface area contributed by atoms with Crippen molar-refractivity contribution in [2.45, 2.75) is 13.8 Å². The largest absolute Gasteiger partial charge is 0.478 e. The monoisotopic (exact) mass is 370 g/mol. The van der Waals surface area contributed by atoms with Gasteiger partial charge in [-0.3, -0.25) is 0 Å². The molecule has 4 rings (SSSR count). The van der Waals surface area contributed by atoms with Gasteiger partial charge in [0.25, 0.3) is 0 Å². The van der Waals surface area contributed by atoms with E-state index in [0.29, 0.717) is 11.6 Å². The van der Waals surface area contributed by atoms with Crippen LogP contribution in [-0.2, 0) is 0 Å². The van der Waals surface area contributed by atoms with E-state index in [1.54, 1.807) is 12.1 Å². The van der Waals surface area contributed by atoms with Crippen molar-refractivity contribution >= 4 is 16.7 Å². The highest BCUT2D eigenvalue weighted by atomic mass is 16.5. The fourth-order valence-corrected chi connectivity index (χ4v) is 3.06. The van der Waals surface area contributed by atoms with E-state index in [4.69, 9.17) is 9.84 Å². The number of aromatic nitrogens is 2. The number of ether oxygens (including phenoxy) is 1. The predicted molar refractivity (Wildman–Crippen MR) is 108 cm³/mol. The van der Waals surface area contributed by atoms with E-state index in [2.05, 4.69) is 36.2 Å². The molecule has 0 saturated heterocycles. The number of nitrogens with zero attached hydrogens (tertiary/aromatic N) is 2. The van der Waals surface area contributed by atoms with Crippen LogP contribution < -0.4 is 4.74 Å². The first-order chi connectivity index (χ1) is 13.5. The smallest absolute Gasteiger partial charge is 0.335 e. The number of carbonyl (C=O) groups is 1. The summed E-state index contributed by atoms with van der Waals surface area (Å²) in [5, 5.41) is 19.6. The Labute approximate surface area is 162 Å². The molecular formula is C23H18N2O3. The van der Waals surface area contributed by atoms with Crippen LogP contribution in [0.3, 0.4) is 0 Å². The lowest BCUT2D eigenvalue weighted by molar-refractivity contribution is 0.0696. The number of fused-ring (bicyclic) bond motifs is 1. The van der Waals surface area contributed by atoms with Gasteiger partial charge in [0.1, 0.15) is 11.4 Å². The highest BCUT2D eigenvalue weighted by molar-refractivity contribution is 5.97. The first-order valence-electron chi connectivity index (χ1n) is 8.87. The van der Waals surface area contributed by atoms with Gasteiger partial charge in [-0.25, -0.2) is 4.79 Å². The van der Waals surface area contributed by atoms with Gasteiger partial charge in [-0.2, -0.15) is 0 Å². The maximum Gasteiger partial charge on any atom is 0.335 e. The van der Waals surface area contributed by atoms with Crippen LogP contribution in [0.4, 0.5) is 0 Å². The predicted octanol–water partition coefficient (Wildman–Crippen LogP) is 5.40. The molecule has 0 aliphatic rings. The van der Waals surface area contributed by atoms with E-state index >= 15 is 0 Å². The van der Waals surface area contributed by atoms with Gasteiger partial charge < -0.3 is 9.84 Å². The Kier molecular flexibility index (Phi) is 4.49. The molecule has 28 heavy (non-hydrogen) atoms. The van der Waals surface area contributed by atoms with E-state index in [1.807, 2.05) is 30.3 Å². The standard InChI is InChI=1S/C23H18N2O3/c1-14-10-11-16(12-15(14)2)21-19-8-3-4-9-20(19)22(25-24-21)28-18-7-5-6-17(13-18)23(26)27/h3-13H,1-2H3,(H,26,27). The van der Waals surface area contributed by atoms with E-state index < -0.39 is 5.97 Å². The van der Waals surface area contributed by atoms with Gasteiger partial charge in [0.05, 0.1) is 5.56 Å². The maximum absolute atomic E-state index is 11.2. The quantitative estimate of drug-likeness (QED) is 0.520. The zero-order valence-corrected chi connectivity index (χ0v) is 15.5. The van der Waals surface area contributed by atoms with Crippen LogP contribution in [0, 0.1) is 13.8 Å². The van der Waals surface area contributed by atoms with E-state index in [-0.39, 0.29) is 5.56 Å². The third-order valence-electron chi connectivity index (χ3n) is 4.73. The Morgan fingerprint density at radius 2 is 1.64 bits per heavy atom. The van der Waals surface area contributed by atoms with E-state index in [0.717, 1.165) is 22.0 Å². The summed E-state index contributed by atoms with van der Waals surface area (Å²) >= 11 is 0. The van der Waals surface area contributed by atoms with Gasteiger partial charge in [-0.05, 0) is 55.3 Å². The van der Waals surface area contributed by atoms with Crippen LogP contribution in [0.25, 0.3) is 22.0 Å². The third kappa shape index (κ3) is 3.30. The van der Waals surface area contributed by atoms with Crippen LogP contribution in [0.15, 0.2) is 66.7 Å². The molecule has 5 nitrogen and oxygen atoms in total. The molecular weight excluding hydrogens is 352 g/mol. The van der Waals surface area contributed by atoms with Crippen LogP contribution in [0.2, 0.25) is 0 Å². The second-order valence-electron chi connectivity index (χ2n) is 6.63. The fourth-order valence-electron chi connectivity index (χ4n) is 3.06. The third-order valence-corrected chi connectivity index (χ3v) is 4.73. The first kappa shape index (κ1) is 17.7. The second-order valence-corrected chi connectivity index (χ2v) is 6.63. The average Bonchev–Trinajstić information content (AvgIpc) is 2.71. The first-order valence-corrected chi connectivity index (χ1v) is 8.87. The molecule has 138 valence electrons. The number of rotatable bonds is 4. The Bertz CT molecular complexity index is 1200. The zero-order chi connectivity index (χ0) is 19.7. The summed E-state index contributed by atoms with van der Waals surface area (Å²) in [5.74, 6) is -0.268. The summed E-state index contributed by atoms with van der Waals surface area (Å²) in [6.45, 7) is 4.15. The second kappa shape index (κ2) is 7.12. The van der Waals surface area contributed by atoms with Crippen LogP contribution in [0.1, 0.15) is 21.5 Å². The lowest BCUT2D eigenvalue weighted by atomic mass is 10.0. The number of benzene rings is 3. The van der Waals surface area contributed by atoms with Gasteiger partial charge in [0, 0.05) is 16.3 Å². The number of aryl methyl sites for hydroxylation is 2. The molecule has 3 aromatic carbocycles. The van der Waals surface area contributed by atoms with Gasteiger partial charge in [0.2, 0.25) is 5.88 Å². The van der Waals surface area contributed by atoms with Crippen molar-refractivity contribution in [3.05, 3.63) is 83.4 Å². The Morgan fingerprint density at radius 1 is 0.857 bits per heavy atom. The normalized spacial score (nSPS) is 10.8. The van der Waals surface area contributed by atoms with Gasteiger partial charge in [-0.15, -0.1) is 10.2 Å². The lowest BCUT2D eigenvalue weighted by Gasteiger charge is -2.11. The summed E-state index contributed by atoms with van der Waals surface area (Å²) in [7, 11) is 0. The van der Waals surface area contributed by atoms with Crippen molar-refractivity contribution in [2.24, 2.45) is 0 Å². The Morgan fingerprint density at radius 3 is 2.39 bits per heavy atom. The molecule has 0 atom stereocenters. The zero-order valence-electron chi connectivity index (χ0n) is 15.5. The van der Waals surface area contributed by atoms with Crippen molar-refractivity contribution in [2.75, 3.05) is 0 Å². The van der Waals surface area contributed by atoms with E-state index in [9.17, 15) is 4.79 Å². The molecule has 1 heterocycles.